The quantitative estimate of drug-likeness (QED) is 0.417. The van der Waals surface area contributed by atoms with Crippen LogP contribution < -0.4 is 15.4 Å². The Labute approximate surface area is 132 Å². The number of carbonyl (C=O) groups excluding carboxylic acids is 1. The number of nitrogens with zero attached hydrogens (tertiary/aromatic N) is 1. The molecule has 1 aromatic carbocycles. The van der Waals surface area contributed by atoms with Crippen molar-refractivity contribution in [3.8, 4) is 11.8 Å². The number of ether oxygens (including phenoxy) is 1. The highest BCUT2D eigenvalue weighted by molar-refractivity contribution is 6.06. The Kier molecular flexibility index (Phi) is 8.21. The summed E-state index contributed by atoms with van der Waals surface area (Å²) in [6.07, 6.45) is 4.75. The summed E-state index contributed by atoms with van der Waals surface area (Å²) in [4.78, 5) is 12.0. The molecule has 1 aromatic rings. The summed E-state index contributed by atoms with van der Waals surface area (Å²) in [7, 11) is 0. The molecule has 0 fully saturated rings. The average molecular weight is 301 g/mol. The molecule has 22 heavy (non-hydrogen) atoms. The Morgan fingerprint density at radius 3 is 2.59 bits per heavy atom. The summed E-state index contributed by atoms with van der Waals surface area (Å²) < 4.78 is 5.33. The first-order chi connectivity index (χ1) is 10.7. The fraction of sp³-hybridized carbons (Fsp3) is 0.412. The van der Waals surface area contributed by atoms with Crippen molar-refractivity contribution in [2.75, 3.05) is 18.5 Å². The lowest BCUT2D eigenvalue weighted by Gasteiger charge is -2.07. The molecule has 0 unspecified atom stereocenters. The molecule has 0 saturated heterocycles. The highest BCUT2D eigenvalue weighted by Crippen LogP contribution is 2.16. The minimum Gasteiger partial charge on any atom is -0.494 e. The standard InChI is InChI=1S/C17H23N3O2/c1-3-5-6-11-19-13-14(12-18)17(21)20-15-7-9-16(10-8-15)22-4-2/h7-10,13,19H,3-6,11H2,1-2H3,(H,20,21)/b14-13-. The molecule has 0 aliphatic heterocycles. The zero-order valence-corrected chi connectivity index (χ0v) is 13.2. The largest absolute Gasteiger partial charge is 0.494 e. The first-order valence-corrected chi connectivity index (χ1v) is 7.59. The van der Waals surface area contributed by atoms with E-state index in [9.17, 15) is 4.79 Å². The zero-order valence-electron chi connectivity index (χ0n) is 13.2. The van der Waals surface area contributed by atoms with Gasteiger partial charge in [-0.15, -0.1) is 0 Å². The van der Waals surface area contributed by atoms with E-state index in [1.54, 1.807) is 24.3 Å². The Morgan fingerprint density at radius 2 is 2.00 bits per heavy atom. The smallest absolute Gasteiger partial charge is 0.267 e. The van der Waals surface area contributed by atoms with E-state index >= 15 is 0 Å². The lowest BCUT2D eigenvalue weighted by Crippen LogP contribution is -2.17. The van der Waals surface area contributed by atoms with Gasteiger partial charge in [0.2, 0.25) is 0 Å². The van der Waals surface area contributed by atoms with Gasteiger partial charge in [0.25, 0.3) is 5.91 Å². The predicted molar refractivity (Wildman–Crippen MR) is 87.5 cm³/mol. The van der Waals surface area contributed by atoms with E-state index in [0.717, 1.165) is 31.6 Å². The molecule has 0 heterocycles. The van der Waals surface area contributed by atoms with Gasteiger partial charge in [-0.1, -0.05) is 19.8 Å². The molecule has 5 nitrogen and oxygen atoms in total. The number of benzene rings is 1. The number of hydrogen-bond donors (Lipinski definition) is 2. The minimum absolute atomic E-state index is 0.0605. The van der Waals surface area contributed by atoms with Crippen molar-refractivity contribution < 1.29 is 9.53 Å². The number of nitriles is 1. The fourth-order valence-electron chi connectivity index (χ4n) is 1.80. The monoisotopic (exact) mass is 301 g/mol. The van der Waals surface area contributed by atoms with Gasteiger partial charge in [0.05, 0.1) is 6.61 Å². The second-order valence-electron chi connectivity index (χ2n) is 4.74. The molecular weight excluding hydrogens is 278 g/mol. The van der Waals surface area contributed by atoms with Crippen molar-refractivity contribution in [1.82, 2.24) is 5.32 Å². The second-order valence-corrected chi connectivity index (χ2v) is 4.74. The van der Waals surface area contributed by atoms with E-state index in [2.05, 4.69) is 17.6 Å². The molecule has 0 saturated carbocycles. The van der Waals surface area contributed by atoms with Crippen LogP contribution in [0.3, 0.4) is 0 Å². The van der Waals surface area contributed by atoms with Gasteiger partial charge in [0.1, 0.15) is 17.4 Å². The number of anilines is 1. The van der Waals surface area contributed by atoms with Crippen LogP contribution in [0.15, 0.2) is 36.0 Å². The Hall–Kier alpha value is -2.48. The van der Waals surface area contributed by atoms with Crippen molar-refractivity contribution in [3.63, 3.8) is 0 Å². The molecular formula is C17H23N3O2. The maximum Gasteiger partial charge on any atom is 0.267 e. The van der Waals surface area contributed by atoms with Gasteiger partial charge in [-0.05, 0) is 37.6 Å². The van der Waals surface area contributed by atoms with Crippen LogP contribution in [-0.4, -0.2) is 19.1 Å². The Balaban J connectivity index is 2.53. The van der Waals surface area contributed by atoms with Crippen molar-refractivity contribution in [2.24, 2.45) is 0 Å². The molecule has 118 valence electrons. The van der Waals surface area contributed by atoms with Gasteiger partial charge >= 0.3 is 0 Å². The van der Waals surface area contributed by atoms with Crippen LogP contribution in [0.4, 0.5) is 5.69 Å². The molecule has 0 bridgehead atoms. The molecule has 0 spiro atoms. The number of amides is 1. The van der Waals surface area contributed by atoms with Crippen LogP contribution in [-0.2, 0) is 4.79 Å². The highest BCUT2D eigenvalue weighted by Gasteiger charge is 2.09. The summed E-state index contributed by atoms with van der Waals surface area (Å²) in [5.74, 6) is 0.323. The molecule has 0 atom stereocenters. The normalized spacial score (nSPS) is 10.7. The van der Waals surface area contributed by atoms with Crippen LogP contribution >= 0.6 is 0 Å². The van der Waals surface area contributed by atoms with Gasteiger partial charge in [0.15, 0.2) is 0 Å². The third kappa shape index (κ3) is 6.31. The summed E-state index contributed by atoms with van der Waals surface area (Å²) in [5.41, 5.74) is 0.686. The number of rotatable bonds is 9. The third-order valence-electron chi connectivity index (χ3n) is 2.96. The SMILES string of the molecule is CCCCCN/C=C(/C#N)C(=O)Nc1ccc(OCC)cc1. The maximum absolute atomic E-state index is 12.0. The summed E-state index contributed by atoms with van der Waals surface area (Å²) in [6, 6.07) is 8.94. The van der Waals surface area contributed by atoms with Crippen molar-refractivity contribution in [2.45, 2.75) is 33.1 Å². The topological polar surface area (TPSA) is 74.2 Å². The van der Waals surface area contributed by atoms with Gasteiger partial charge in [-0.3, -0.25) is 4.79 Å². The number of nitrogens with one attached hydrogen (secondary N) is 2. The molecule has 1 amide bonds. The van der Waals surface area contributed by atoms with Crippen LogP contribution in [0.25, 0.3) is 0 Å². The molecule has 1 rings (SSSR count). The van der Waals surface area contributed by atoms with E-state index in [4.69, 9.17) is 10.00 Å². The van der Waals surface area contributed by atoms with Crippen LogP contribution in [0.2, 0.25) is 0 Å². The molecule has 0 aliphatic rings. The van der Waals surface area contributed by atoms with Crippen LogP contribution in [0, 0.1) is 11.3 Å². The van der Waals surface area contributed by atoms with Gasteiger partial charge < -0.3 is 15.4 Å². The number of unbranched alkanes of at least 4 members (excludes halogenated alkanes) is 2. The van der Waals surface area contributed by atoms with Crippen molar-refractivity contribution >= 4 is 11.6 Å². The Bertz CT molecular complexity index is 530. The number of hydrogen-bond acceptors (Lipinski definition) is 4. The molecule has 0 aliphatic carbocycles. The van der Waals surface area contributed by atoms with Gasteiger partial charge in [0, 0.05) is 18.4 Å². The Morgan fingerprint density at radius 1 is 1.27 bits per heavy atom. The number of carbonyl (C=O) groups is 1. The van der Waals surface area contributed by atoms with E-state index in [-0.39, 0.29) is 5.57 Å². The van der Waals surface area contributed by atoms with Crippen molar-refractivity contribution in [3.05, 3.63) is 36.0 Å². The van der Waals surface area contributed by atoms with Crippen molar-refractivity contribution in [1.29, 1.82) is 5.26 Å². The van der Waals surface area contributed by atoms with Crippen LogP contribution in [0.1, 0.15) is 33.1 Å². The van der Waals surface area contributed by atoms with Crippen LogP contribution in [0.5, 0.6) is 5.75 Å². The minimum atomic E-state index is -0.422. The van der Waals surface area contributed by atoms with E-state index < -0.39 is 5.91 Å². The van der Waals surface area contributed by atoms with E-state index in [1.165, 1.54) is 6.20 Å². The first kappa shape index (κ1) is 17.6. The van der Waals surface area contributed by atoms with Gasteiger partial charge in [-0.25, -0.2) is 0 Å². The zero-order chi connectivity index (χ0) is 16.2. The van der Waals surface area contributed by atoms with Gasteiger partial charge in [-0.2, -0.15) is 5.26 Å². The second kappa shape index (κ2) is 10.3. The first-order valence-electron chi connectivity index (χ1n) is 7.59. The third-order valence-corrected chi connectivity index (χ3v) is 2.96. The highest BCUT2D eigenvalue weighted by atomic mass is 16.5. The molecule has 2 N–H and O–H groups in total. The van der Waals surface area contributed by atoms with E-state index in [0.29, 0.717) is 12.3 Å². The van der Waals surface area contributed by atoms with E-state index in [1.807, 2.05) is 13.0 Å². The lowest BCUT2D eigenvalue weighted by molar-refractivity contribution is -0.112. The summed E-state index contributed by atoms with van der Waals surface area (Å²) in [6.45, 7) is 5.39. The summed E-state index contributed by atoms with van der Waals surface area (Å²) in [5, 5.41) is 14.7. The molecule has 5 heteroatoms. The maximum atomic E-state index is 12.0. The predicted octanol–water partition coefficient (Wildman–Crippen LogP) is 3.21. The summed E-state index contributed by atoms with van der Waals surface area (Å²) >= 11 is 0. The molecule has 0 aromatic heterocycles. The lowest BCUT2D eigenvalue weighted by atomic mass is 10.2. The fourth-order valence-corrected chi connectivity index (χ4v) is 1.80. The molecule has 0 radical (unpaired) electrons. The average Bonchev–Trinajstić information content (AvgIpc) is 2.53.